The Bertz CT molecular complexity index is 1330. The number of nitriles is 1. The Hall–Kier alpha value is -3.73. The van der Waals surface area contributed by atoms with E-state index in [1.54, 1.807) is 36.0 Å². The lowest BCUT2D eigenvalue weighted by atomic mass is 9.81. The molecular formula is C27H32N6O2. The number of anilines is 1. The smallest absolute Gasteiger partial charge is 0.252 e. The van der Waals surface area contributed by atoms with Crippen molar-refractivity contribution >= 4 is 22.4 Å². The monoisotopic (exact) mass is 472 g/mol. The molecule has 1 aliphatic rings. The van der Waals surface area contributed by atoms with E-state index in [1.807, 2.05) is 46.0 Å². The van der Waals surface area contributed by atoms with Crippen molar-refractivity contribution < 1.29 is 4.84 Å². The second kappa shape index (κ2) is 9.87. The van der Waals surface area contributed by atoms with E-state index in [0.717, 1.165) is 48.3 Å². The summed E-state index contributed by atoms with van der Waals surface area (Å²) in [4.78, 5) is 29.7. The zero-order valence-corrected chi connectivity index (χ0v) is 21.0. The number of oxime groups is 1. The molecule has 0 aliphatic heterocycles. The predicted molar refractivity (Wildman–Crippen MR) is 137 cm³/mol. The highest BCUT2D eigenvalue weighted by molar-refractivity contribution is 6.00. The molecule has 3 aromatic rings. The summed E-state index contributed by atoms with van der Waals surface area (Å²) in [7, 11) is 3.74. The fourth-order valence-electron chi connectivity index (χ4n) is 4.61. The van der Waals surface area contributed by atoms with Gasteiger partial charge in [0, 0.05) is 38.3 Å². The highest BCUT2D eigenvalue weighted by atomic mass is 16.6. The van der Waals surface area contributed by atoms with Gasteiger partial charge in [0.25, 0.3) is 5.56 Å². The van der Waals surface area contributed by atoms with Gasteiger partial charge in [0.2, 0.25) is 0 Å². The van der Waals surface area contributed by atoms with E-state index in [9.17, 15) is 10.1 Å². The van der Waals surface area contributed by atoms with Gasteiger partial charge < -0.3 is 14.3 Å². The van der Waals surface area contributed by atoms with Crippen LogP contribution in [0.2, 0.25) is 0 Å². The van der Waals surface area contributed by atoms with Crippen LogP contribution in [0.5, 0.6) is 0 Å². The Balaban J connectivity index is 1.59. The maximum atomic E-state index is 12.7. The second-order valence-electron chi connectivity index (χ2n) is 10.1. The van der Waals surface area contributed by atoms with E-state index in [2.05, 4.69) is 26.1 Å². The van der Waals surface area contributed by atoms with Crippen molar-refractivity contribution in [3.8, 4) is 6.07 Å². The average Bonchev–Trinajstić information content (AvgIpc) is 2.86. The van der Waals surface area contributed by atoms with Gasteiger partial charge in [-0.3, -0.25) is 9.78 Å². The molecule has 182 valence electrons. The fourth-order valence-corrected chi connectivity index (χ4v) is 4.61. The van der Waals surface area contributed by atoms with Crippen molar-refractivity contribution in [2.75, 3.05) is 11.9 Å². The van der Waals surface area contributed by atoms with Crippen LogP contribution in [-0.2, 0) is 11.9 Å². The number of pyridine rings is 3. The van der Waals surface area contributed by atoms with E-state index in [1.165, 1.54) is 0 Å². The molecule has 0 spiro atoms. The van der Waals surface area contributed by atoms with Gasteiger partial charge in [-0.1, -0.05) is 11.2 Å². The summed E-state index contributed by atoms with van der Waals surface area (Å²) in [5, 5.41) is 13.9. The summed E-state index contributed by atoms with van der Waals surface area (Å²) in [6.45, 7) is 5.95. The molecule has 0 amide bonds. The second-order valence-corrected chi connectivity index (χ2v) is 10.1. The van der Waals surface area contributed by atoms with Gasteiger partial charge in [-0.25, -0.2) is 4.98 Å². The third-order valence-corrected chi connectivity index (χ3v) is 6.54. The van der Waals surface area contributed by atoms with E-state index >= 15 is 0 Å². The summed E-state index contributed by atoms with van der Waals surface area (Å²) >= 11 is 0. The molecule has 1 fully saturated rings. The zero-order chi connectivity index (χ0) is 25.2. The van der Waals surface area contributed by atoms with Gasteiger partial charge in [-0.05, 0) is 70.7 Å². The Kier molecular flexibility index (Phi) is 6.88. The summed E-state index contributed by atoms with van der Waals surface area (Å²) in [6, 6.07) is 13.3. The standard InChI is InChI=1S/C27H32N6O2/c1-27(2,3)35-31-25(21-8-6-7-15-29-21)18-9-12-20(13-10-18)32(4)23-16-24(34)33(5)22-14-11-19(17-28)30-26(22)23/h6-8,11,14-16,18,20H,9-10,12-13H2,1-5H3/b31-25-/t18-,20+. The number of fused-ring (bicyclic) bond motifs is 1. The van der Waals surface area contributed by atoms with Gasteiger partial charge >= 0.3 is 0 Å². The summed E-state index contributed by atoms with van der Waals surface area (Å²) in [6.07, 6.45) is 5.49. The maximum absolute atomic E-state index is 12.7. The van der Waals surface area contributed by atoms with Crippen LogP contribution < -0.4 is 10.5 Å². The summed E-state index contributed by atoms with van der Waals surface area (Å²) < 4.78 is 1.57. The molecule has 0 atom stereocenters. The lowest BCUT2D eigenvalue weighted by Gasteiger charge is -2.36. The lowest BCUT2D eigenvalue weighted by Crippen LogP contribution is -2.38. The maximum Gasteiger partial charge on any atom is 0.252 e. The molecule has 8 nitrogen and oxygen atoms in total. The van der Waals surface area contributed by atoms with Crippen molar-refractivity contribution in [3.05, 3.63) is 64.3 Å². The zero-order valence-electron chi connectivity index (χ0n) is 21.0. The number of aromatic nitrogens is 3. The van der Waals surface area contributed by atoms with Crippen molar-refractivity contribution in [2.24, 2.45) is 18.1 Å². The molecule has 35 heavy (non-hydrogen) atoms. The summed E-state index contributed by atoms with van der Waals surface area (Å²) in [5.74, 6) is 0.237. The van der Waals surface area contributed by atoms with Crippen molar-refractivity contribution in [1.29, 1.82) is 5.26 Å². The van der Waals surface area contributed by atoms with E-state index < -0.39 is 0 Å². The Morgan fingerprint density at radius 2 is 1.94 bits per heavy atom. The number of hydrogen-bond donors (Lipinski definition) is 0. The van der Waals surface area contributed by atoms with Gasteiger partial charge in [0.05, 0.1) is 16.9 Å². The highest BCUT2D eigenvalue weighted by Crippen LogP contribution is 2.34. The van der Waals surface area contributed by atoms with Crippen LogP contribution in [0.3, 0.4) is 0 Å². The highest BCUT2D eigenvalue weighted by Gasteiger charge is 2.30. The molecule has 0 aromatic carbocycles. The van der Waals surface area contributed by atoms with E-state index in [-0.39, 0.29) is 23.1 Å². The first-order chi connectivity index (χ1) is 16.7. The first kappa shape index (κ1) is 24.4. The van der Waals surface area contributed by atoms with E-state index in [0.29, 0.717) is 11.2 Å². The molecule has 1 saturated carbocycles. The largest absolute Gasteiger partial charge is 0.390 e. The van der Waals surface area contributed by atoms with Gasteiger partial charge in [0.1, 0.15) is 28.6 Å². The van der Waals surface area contributed by atoms with Crippen LogP contribution in [-0.4, -0.2) is 38.9 Å². The molecule has 4 rings (SSSR count). The van der Waals surface area contributed by atoms with Crippen molar-refractivity contribution in [2.45, 2.75) is 58.1 Å². The molecule has 3 heterocycles. The molecule has 0 bridgehead atoms. The van der Waals surface area contributed by atoms with Crippen LogP contribution in [0.15, 0.2) is 52.5 Å². The third-order valence-electron chi connectivity index (χ3n) is 6.54. The minimum Gasteiger partial charge on any atom is -0.390 e. The molecule has 8 heteroatoms. The van der Waals surface area contributed by atoms with Crippen LogP contribution >= 0.6 is 0 Å². The number of aryl methyl sites for hydroxylation is 1. The molecule has 3 aromatic heterocycles. The minimum absolute atomic E-state index is 0.0940. The third kappa shape index (κ3) is 5.35. The molecule has 0 radical (unpaired) electrons. The van der Waals surface area contributed by atoms with Crippen molar-refractivity contribution in [3.63, 3.8) is 0 Å². The first-order valence-corrected chi connectivity index (χ1v) is 12.0. The molecule has 0 N–H and O–H groups in total. The first-order valence-electron chi connectivity index (χ1n) is 12.0. The Morgan fingerprint density at radius 1 is 1.20 bits per heavy atom. The Morgan fingerprint density at radius 3 is 2.57 bits per heavy atom. The van der Waals surface area contributed by atoms with Crippen LogP contribution in [0, 0.1) is 17.2 Å². The van der Waals surface area contributed by atoms with Crippen molar-refractivity contribution in [1.82, 2.24) is 14.5 Å². The lowest BCUT2D eigenvalue weighted by molar-refractivity contribution is -0.0000710. The van der Waals surface area contributed by atoms with Gasteiger partial charge in [-0.15, -0.1) is 0 Å². The Labute approximate surface area is 205 Å². The van der Waals surface area contributed by atoms with E-state index in [4.69, 9.17) is 4.84 Å². The molecule has 0 saturated heterocycles. The molecular weight excluding hydrogens is 440 g/mol. The normalized spacial score (nSPS) is 18.8. The molecule has 0 unspecified atom stereocenters. The van der Waals surface area contributed by atoms with Crippen LogP contribution in [0.25, 0.3) is 11.0 Å². The summed E-state index contributed by atoms with van der Waals surface area (Å²) in [5.41, 5.74) is 3.75. The SMILES string of the molecule is Cn1c(=O)cc(N(C)[C@H]2CC[C@@H](/C(=N/OC(C)(C)C)c3ccccn3)CC2)c2nc(C#N)ccc21. The van der Waals surface area contributed by atoms with Gasteiger partial charge in [0.15, 0.2) is 0 Å². The fraction of sp³-hybridized carbons (Fsp3) is 0.444. The van der Waals surface area contributed by atoms with Crippen LogP contribution in [0.1, 0.15) is 57.8 Å². The number of rotatable bonds is 5. The predicted octanol–water partition coefficient (Wildman–Crippen LogP) is 4.41. The van der Waals surface area contributed by atoms with Gasteiger partial charge in [-0.2, -0.15) is 5.26 Å². The number of nitrogens with zero attached hydrogens (tertiary/aromatic N) is 6. The van der Waals surface area contributed by atoms with Crippen LogP contribution in [0.4, 0.5) is 5.69 Å². The topological polar surface area (TPSA) is 96.4 Å². The average molecular weight is 473 g/mol. The minimum atomic E-state index is -0.382. The number of hydrogen-bond acceptors (Lipinski definition) is 7. The quantitative estimate of drug-likeness (QED) is 0.403. The molecule has 1 aliphatic carbocycles.